The van der Waals surface area contributed by atoms with E-state index in [1.54, 1.807) is 0 Å². The Bertz CT molecular complexity index is 626. The molecule has 2 N–H and O–H groups in total. The topological polar surface area (TPSA) is 41.1 Å². The summed E-state index contributed by atoms with van der Waals surface area (Å²) >= 11 is 3.47. The molecule has 4 heteroatoms. The van der Waals surface area contributed by atoms with Crippen molar-refractivity contribution in [2.45, 2.75) is 13.8 Å². The highest BCUT2D eigenvalue weighted by Gasteiger charge is 2.12. The molecule has 104 valence electrons. The van der Waals surface area contributed by atoms with Gasteiger partial charge < -0.3 is 10.6 Å². The highest BCUT2D eigenvalue weighted by atomic mass is 79.9. The third-order valence-electron chi connectivity index (χ3n) is 2.91. The molecule has 0 heterocycles. The first-order valence-corrected chi connectivity index (χ1v) is 7.31. The van der Waals surface area contributed by atoms with Crippen LogP contribution in [0.3, 0.4) is 0 Å². The van der Waals surface area contributed by atoms with Crippen LogP contribution in [0.2, 0.25) is 0 Å². The maximum atomic E-state index is 12.4. The predicted octanol–water partition coefficient (Wildman–Crippen LogP) is 4.44. The number of para-hydroxylation sites is 1. The van der Waals surface area contributed by atoms with Gasteiger partial charge in [-0.1, -0.05) is 18.2 Å². The molecule has 0 aliphatic heterocycles. The minimum absolute atomic E-state index is 0.119. The van der Waals surface area contributed by atoms with Gasteiger partial charge in [-0.3, -0.25) is 4.79 Å². The molecule has 3 nitrogen and oxygen atoms in total. The van der Waals surface area contributed by atoms with Crippen molar-refractivity contribution >= 4 is 33.2 Å². The smallest absolute Gasteiger partial charge is 0.257 e. The average Bonchev–Trinajstić information content (AvgIpc) is 2.43. The van der Waals surface area contributed by atoms with E-state index >= 15 is 0 Å². The maximum Gasteiger partial charge on any atom is 0.257 e. The van der Waals surface area contributed by atoms with E-state index < -0.39 is 0 Å². The van der Waals surface area contributed by atoms with E-state index in [0.717, 1.165) is 28.0 Å². The van der Waals surface area contributed by atoms with Crippen molar-refractivity contribution in [3.63, 3.8) is 0 Å². The molecule has 2 aromatic carbocycles. The Morgan fingerprint density at radius 2 is 1.90 bits per heavy atom. The standard InChI is InChI=1S/C16H17BrN2O/c1-3-18-14-7-5-4-6-12(14)16(20)19-15-9-8-11(2)10-13(15)17/h4-10,18H,3H2,1-2H3,(H,19,20). The van der Waals surface area contributed by atoms with Gasteiger partial charge in [0.05, 0.1) is 11.3 Å². The number of amides is 1. The van der Waals surface area contributed by atoms with Gasteiger partial charge in [0.15, 0.2) is 0 Å². The van der Waals surface area contributed by atoms with E-state index in [0.29, 0.717) is 5.56 Å². The summed E-state index contributed by atoms with van der Waals surface area (Å²) in [6.45, 7) is 4.79. The van der Waals surface area contributed by atoms with Crippen LogP contribution in [-0.4, -0.2) is 12.5 Å². The van der Waals surface area contributed by atoms with Gasteiger partial charge in [0.1, 0.15) is 0 Å². The lowest BCUT2D eigenvalue weighted by Crippen LogP contribution is -2.15. The first kappa shape index (κ1) is 14.6. The van der Waals surface area contributed by atoms with Gasteiger partial charge in [-0.05, 0) is 59.6 Å². The Morgan fingerprint density at radius 3 is 2.60 bits per heavy atom. The van der Waals surface area contributed by atoms with Crippen molar-refractivity contribution in [3.05, 3.63) is 58.1 Å². The fourth-order valence-corrected chi connectivity index (χ4v) is 2.53. The first-order chi connectivity index (χ1) is 9.61. The third kappa shape index (κ3) is 3.39. The van der Waals surface area contributed by atoms with Crippen LogP contribution in [0.4, 0.5) is 11.4 Å². The highest BCUT2D eigenvalue weighted by Crippen LogP contribution is 2.25. The largest absolute Gasteiger partial charge is 0.385 e. The molecule has 2 aromatic rings. The molecule has 0 aliphatic carbocycles. The van der Waals surface area contributed by atoms with Gasteiger partial charge in [0, 0.05) is 16.7 Å². The Balaban J connectivity index is 2.24. The summed E-state index contributed by atoms with van der Waals surface area (Å²) in [5.74, 6) is -0.119. The molecule has 0 saturated heterocycles. The van der Waals surface area contributed by atoms with E-state index in [2.05, 4.69) is 26.6 Å². The molecular formula is C16H17BrN2O. The number of carbonyl (C=O) groups excluding carboxylic acids is 1. The summed E-state index contributed by atoms with van der Waals surface area (Å²) in [7, 11) is 0. The van der Waals surface area contributed by atoms with Crippen LogP contribution in [0.5, 0.6) is 0 Å². The highest BCUT2D eigenvalue weighted by molar-refractivity contribution is 9.10. The monoisotopic (exact) mass is 332 g/mol. The number of halogens is 1. The number of hydrogen-bond acceptors (Lipinski definition) is 2. The number of nitrogens with one attached hydrogen (secondary N) is 2. The van der Waals surface area contributed by atoms with Gasteiger partial charge in [-0.25, -0.2) is 0 Å². The molecule has 20 heavy (non-hydrogen) atoms. The van der Waals surface area contributed by atoms with Crippen LogP contribution in [0.1, 0.15) is 22.8 Å². The quantitative estimate of drug-likeness (QED) is 0.868. The predicted molar refractivity (Wildman–Crippen MR) is 87.4 cm³/mol. The van der Waals surface area contributed by atoms with Gasteiger partial charge >= 0.3 is 0 Å². The van der Waals surface area contributed by atoms with Crippen molar-refractivity contribution in [1.29, 1.82) is 0 Å². The lowest BCUT2D eigenvalue weighted by atomic mass is 10.1. The summed E-state index contributed by atoms with van der Waals surface area (Å²) in [5.41, 5.74) is 3.40. The zero-order valence-corrected chi connectivity index (χ0v) is 13.1. The minimum atomic E-state index is -0.119. The lowest BCUT2D eigenvalue weighted by Gasteiger charge is -2.12. The Hall–Kier alpha value is -1.81. The Kier molecular flexibility index (Phi) is 4.79. The molecular weight excluding hydrogens is 316 g/mol. The molecule has 0 fully saturated rings. The number of anilines is 2. The number of carbonyl (C=O) groups is 1. The molecule has 0 saturated carbocycles. The molecule has 1 amide bonds. The summed E-state index contributed by atoms with van der Waals surface area (Å²) in [4.78, 5) is 12.4. The van der Waals surface area contributed by atoms with E-state index in [4.69, 9.17) is 0 Å². The van der Waals surface area contributed by atoms with E-state index in [1.807, 2.05) is 56.3 Å². The molecule has 0 spiro atoms. The summed E-state index contributed by atoms with van der Waals surface area (Å²) < 4.78 is 0.881. The van der Waals surface area contributed by atoms with Gasteiger partial charge in [0.25, 0.3) is 5.91 Å². The van der Waals surface area contributed by atoms with E-state index in [9.17, 15) is 4.79 Å². The van der Waals surface area contributed by atoms with Gasteiger partial charge in [-0.15, -0.1) is 0 Å². The van der Waals surface area contributed by atoms with Crippen LogP contribution >= 0.6 is 15.9 Å². The van der Waals surface area contributed by atoms with Crippen molar-refractivity contribution in [2.75, 3.05) is 17.2 Å². The second-order valence-electron chi connectivity index (χ2n) is 4.51. The van der Waals surface area contributed by atoms with Crippen molar-refractivity contribution in [2.24, 2.45) is 0 Å². The van der Waals surface area contributed by atoms with Crippen LogP contribution in [0.25, 0.3) is 0 Å². The molecule has 0 aromatic heterocycles. The number of hydrogen-bond donors (Lipinski definition) is 2. The summed E-state index contributed by atoms with van der Waals surface area (Å²) in [6.07, 6.45) is 0. The van der Waals surface area contributed by atoms with Crippen LogP contribution in [0.15, 0.2) is 46.9 Å². The Labute approximate surface area is 127 Å². The zero-order valence-electron chi connectivity index (χ0n) is 11.5. The normalized spacial score (nSPS) is 10.2. The number of benzene rings is 2. The first-order valence-electron chi connectivity index (χ1n) is 6.52. The summed E-state index contributed by atoms with van der Waals surface area (Å²) in [5, 5.41) is 6.12. The molecule has 0 unspecified atom stereocenters. The number of rotatable bonds is 4. The fraction of sp³-hybridized carbons (Fsp3) is 0.188. The zero-order chi connectivity index (χ0) is 14.5. The van der Waals surface area contributed by atoms with E-state index in [-0.39, 0.29) is 5.91 Å². The molecule has 0 bridgehead atoms. The third-order valence-corrected chi connectivity index (χ3v) is 3.57. The molecule has 2 rings (SSSR count). The van der Waals surface area contributed by atoms with Crippen LogP contribution < -0.4 is 10.6 Å². The lowest BCUT2D eigenvalue weighted by molar-refractivity contribution is 0.102. The van der Waals surface area contributed by atoms with E-state index in [1.165, 1.54) is 0 Å². The number of aryl methyl sites for hydroxylation is 1. The van der Waals surface area contributed by atoms with Crippen molar-refractivity contribution in [1.82, 2.24) is 0 Å². The fourth-order valence-electron chi connectivity index (χ4n) is 1.94. The second-order valence-corrected chi connectivity index (χ2v) is 5.37. The molecule has 0 radical (unpaired) electrons. The molecule has 0 atom stereocenters. The van der Waals surface area contributed by atoms with Crippen molar-refractivity contribution in [3.8, 4) is 0 Å². The molecule has 0 aliphatic rings. The van der Waals surface area contributed by atoms with Crippen molar-refractivity contribution < 1.29 is 4.79 Å². The maximum absolute atomic E-state index is 12.4. The Morgan fingerprint density at radius 1 is 1.15 bits per heavy atom. The SMILES string of the molecule is CCNc1ccccc1C(=O)Nc1ccc(C)cc1Br. The summed E-state index contributed by atoms with van der Waals surface area (Å²) in [6, 6.07) is 13.3. The average molecular weight is 333 g/mol. The minimum Gasteiger partial charge on any atom is -0.385 e. The van der Waals surface area contributed by atoms with Crippen LogP contribution in [-0.2, 0) is 0 Å². The van der Waals surface area contributed by atoms with Crippen LogP contribution in [0, 0.1) is 6.92 Å². The second kappa shape index (κ2) is 6.57. The van der Waals surface area contributed by atoms with Gasteiger partial charge in [-0.2, -0.15) is 0 Å². The van der Waals surface area contributed by atoms with Gasteiger partial charge in [0.2, 0.25) is 0 Å².